The summed E-state index contributed by atoms with van der Waals surface area (Å²) in [7, 11) is 0. The Morgan fingerprint density at radius 2 is 2.00 bits per heavy atom. The van der Waals surface area contributed by atoms with E-state index in [0.717, 1.165) is 11.1 Å². The zero-order chi connectivity index (χ0) is 16.0. The number of carbonyl (C=O) groups is 3. The molecule has 0 bridgehead atoms. The van der Waals surface area contributed by atoms with E-state index in [1.165, 1.54) is 0 Å². The minimum atomic E-state index is -1.35. The van der Waals surface area contributed by atoms with Crippen LogP contribution in [0.3, 0.4) is 0 Å². The molecule has 0 fully saturated rings. The molecule has 21 heavy (non-hydrogen) atoms. The van der Waals surface area contributed by atoms with E-state index in [2.05, 4.69) is 5.32 Å². The van der Waals surface area contributed by atoms with Crippen LogP contribution in [-0.2, 0) is 14.4 Å². The van der Waals surface area contributed by atoms with Gasteiger partial charge in [-0.15, -0.1) is 0 Å². The van der Waals surface area contributed by atoms with Gasteiger partial charge in [0.05, 0.1) is 6.42 Å². The third-order valence-electron chi connectivity index (χ3n) is 2.73. The molecular weight excluding hydrogens is 276 g/mol. The lowest BCUT2D eigenvalue weighted by Crippen LogP contribution is -2.45. The van der Waals surface area contributed by atoms with Gasteiger partial charge in [0.2, 0.25) is 5.91 Å². The maximum atomic E-state index is 11.6. The summed E-state index contributed by atoms with van der Waals surface area (Å²) >= 11 is 0. The molecule has 1 atom stereocenters. The highest BCUT2D eigenvalue weighted by atomic mass is 16.5. The van der Waals surface area contributed by atoms with Crippen LogP contribution in [0, 0.1) is 13.8 Å². The molecule has 4 N–H and O–H groups in total. The van der Waals surface area contributed by atoms with Gasteiger partial charge in [-0.25, -0.2) is 4.79 Å². The Bertz CT molecular complexity index is 556. The first-order chi connectivity index (χ1) is 9.79. The van der Waals surface area contributed by atoms with Crippen LogP contribution in [0.5, 0.6) is 5.75 Å². The number of hydrogen-bond donors (Lipinski definition) is 3. The minimum absolute atomic E-state index is 0.341. The molecule has 1 aromatic rings. The van der Waals surface area contributed by atoms with E-state index in [4.69, 9.17) is 15.6 Å². The quantitative estimate of drug-likeness (QED) is 0.660. The van der Waals surface area contributed by atoms with Crippen LogP contribution in [0.2, 0.25) is 0 Å². The van der Waals surface area contributed by atoms with Crippen molar-refractivity contribution in [2.45, 2.75) is 26.3 Å². The SMILES string of the molecule is Cc1ccc(OCC(=O)N[C@@H](CC(N)=O)C(=O)O)c(C)c1. The molecule has 2 amide bonds. The van der Waals surface area contributed by atoms with Gasteiger partial charge in [0, 0.05) is 0 Å². The van der Waals surface area contributed by atoms with Crippen molar-refractivity contribution >= 4 is 17.8 Å². The highest BCUT2D eigenvalue weighted by molar-refractivity contribution is 5.88. The van der Waals surface area contributed by atoms with E-state index < -0.39 is 30.2 Å². The first-order valence-corrected chi connectivity index (χ1v) is 6.30. The lowest BCUT2D eigenvalue weighted by Gasteiger charge is -2.14. The predicted molar refractivity (Wildman–Crippen MR) is 74.8 cm³/mol. The van der Waals surface area contributed by atoms with Gasteiger partial charge in [-0.05, 0) is 25.5 Å². The Hall–Kier alpha value is -2.57. The number of benzene rings is 1. The highest BCUT2D eigenvalue weighted by Crippen LogP contribution is 2.18. The lowest BCUT2D eigenvalue weighted by molar-refractivity contribution is -0.143. The van der Waals surface area contributed by atoms with E-state index >= 15 is 0 Å². The Labute approximate surface area is 122 Å². The number of aliphatic carboxylic acids is 1. The van der Waals surface area contributed by atoms with E-state index in [0.29, 0.717) is 5.75 Å². The molecule has 0 heterocycles. The Morgan fingerprint density at radius 3 is 2.52 bits per heavy atom. The maximum Gasteiger partial charge on any atom is 0.326 e. The van der Waals surface area contributed by atoms with Crippen LogP contribution in [-0.4, -0.2) is 35.5 Å². The van der Waals surface area contributed by atoms with Crippen molar-refractivity contribution in [2.75, 3.05) is 6.61 Å². The van der Waals surface area contributed by atoms with Crippen molar-refractivity contribution < 1.29 is 24.2 Å². The first-order valence-electron chi connectivity index (χ1n) is 6.30. The van der Waals surface area contributed by atoms with E-state index in [1.807, 2.05) is 26.0 Å². The second-order valence-corrected chi connectivity index (χ2v) is 4.69. The number of primary amides is 1. The largest absolute Gasteiger partial charge is 0.484 e. The number of ether oxygens (including phenoxy) is 1. The van der Waals surface area contributed by atoms with Gasteiger partial charge in [0.25, 0.3) is 5.91 Å². The van der Waals surface area contributed by atoms with Gasteiger partial charge in [0.15, 0.2) is 6.61 Å². The topological polar surface area (TPSA) is 119 Å². The Kier molecular flexibility index (Phi) is 5.71. The van der Waals surface area contributed by atoms with Crippen LogP contribution in [0.1, 0.15) is 17.5 Å². The van der Waals surface area contributed by atoms with Crippen LogP contribution >= 0.6 is 0 Å². The predicted octanol–water partition coefficient (Wildman–Crippen LogP) is 0.127. The van der Waals surface area contributed by atoms with Gasteiger partial charge < -0.3 is 20.9 Å². The number of hydrogen-bond acceptors (Lipinski definition) is 4. The number of carbonyl (C=O) groups excluding carboxylic acids is 2. The number of aryl methyl sites for hydroxylation is 2. The molecular formula is C14H18N2O5. The summed E-state index contributed by atoms with van der Waals surface area (Å²) in [5.74, 6) is -2.23. The van der Waals surface area contributed by atoms with E-state index in [-0.39, 0.29) is 6.61 Å². The van der Waals surface area contributed by atoms with Crippen LogP contribution in [0.4, 0.5) is 0 Å². The first kappa shape index (κ1) is 16.5. The van der Waals surface area contributed by atoms with E-state index in [1.54, 1.807) is 6.07 Å². The smallest absolute Gasteiger partial charge is 0.326 e. The monoisotopic (exact) mass is 294 g/mol. The highest BCUT2D eigenvalue weighted by Gasteiger charge is 2.22. The average Bonchev–Trinajstić information content (AvgIpc) is 2.36. The van der Waals surface area contributed by atoms with Crippen molar-refractivity contribution in [3.63, 3.8) is 0 Å². The summed E-state index contributed by atoms with van der Waals surface area (Å²) < 4.78 is 5.32. The molecule has 0 aromatic heterocycles. The fourth-order valence-electron chi connectivity index (χ4n) is 1.74. The van der Waals surface area contributed by atoms with Gasteiger partial charge in [-0.1, -0.05) is 17.7 Å². The second-order valence-electron chi connectivity index (χ2n) is 4.69. The standard InChI is InChI=1S/C14H18N2O5/c1-8-3-4-11(9(2)5-8)21-7-13(18)16-10(14(19)20)6-12(15)17/h3-5,10H,6-7H2,1-2H3,(H2,15,17)(H,16,18)(H,19,20)/t10-/m0/s1. The van der Waals surface area contributed by atoms with Crippen molar-refractivity contribution in [1.82, 2.24) is 5.32 Å². The molecule has 0 aliphatic carbocycles. The summed E-state index contributed by atoms with van der Waals surface area (Å²) in [6.45, 7) is 3.44. The zero-order valence-corrected chi connectivity index (χ0v) is 11.9. The Morgan fingerprint density at radius 1 is 1.33 bits per heavy atom. The zero-order valence-electron chi connectivity index (χ0n) is 11.9. The van der Waals surface area contributed by atoms with Crippen molar-refractivity contribution in [2.24, 2.45) is 5.73 Å². The van der Waals surface area contributed by atoms with Crippen LogP contribution < -0.4 is 15.8 Å². The second kappa shape index (κ2) is 7.28. The number of nitrogens with one attached hydrogen (secondary N) is 1. The molecule has 0 saturated carbocycles. The number of carboxylic acid groups (broad SMARTS) is 1. The van der Waals surface area contributed by atoms with Crippen LogP contribution in [0.15, 0.2) is 18.2 Å². The average molecular weight is 294 g/mol. The van der Waals surface area contributed by atoms with Crippen molar-refractivity contribution in [3.8, 4) is 5.75 Å². The molecule has 1 aromatic carbocycles. The summed E-state index contributed by atoms with van der Waals surface area (Å²) in [6, 6.07) is 4.13. The fourth-order valence-corrected chi connectivity index (χ4v) is 1.74. The number of amides is 2. The van der Waals surface area contributed by atoms with E-state index in [9.17, 15) is 14.4 Å². The molecule has 114 valence electrons. The molecule has 0 unspecified atom stereocenters. The summed E-state index contributed by atoms with van der Waals surface area (Å²) in [4.78, 5) is 33.2. The number of nitrogens with two attached hydrogens (primary N) is 1. The summed E-state index contributed by atoms with van der Waals surface area (Å²) in [6.07, 6.45) is -0.468. The summed E-state index contributed by atoms with van der Waals surface area (Å²) in [5.41, 5.74) is 6.86. The van der Waals surface area contributed by atoms with Gasteiger partial charge >= 0.3 is 5.97 Å². The lowest BCUT2D eigenvalue weighted by atomic mass is 10.1. The fraction of sp³-hybridized carbons (Fsp3) is 0.357. The van der Waals surface area contributed by atoms with Crippen molar-refractivity contribution in [1.29, 1.82) is 0 Å². The molecule has 7 heteroatoms. The number of carboxylic acids is 1. The molecule has 0 radical (unpaired) electrons. The molecule has 0 spiro atoms. The van der Waals surface area contributed by atoms with Crippen molar-refractivity contribution in [3.05, 3.63) is 29.3 Å². The third-order valence-corrected chi connectivity index (χ3v) is 2.73. The maximum absolute atomic E-state index is 11.6. The van der Waals surface area contributed by atoms with Gasteiger partial charge in [-0.3, -0.25) is 9.59 Å². The molecule has 0 saturated heterocycles. The van der Waals surface area contributed by atoms with Crippen LogP contribution in [0.25, 0.3) is 0 Å². The van der Waals surface area contributed by atoms with Gasteiger partial charge in [0.1, 0.15) is 11.8 Å². The third kappa shape index (κ3) is 5.52. The number of rotatable bonds is 7. The molecule has 0 aliphatic rings. The molecule has 7 nitrogen and oxygen atoms in total. The Balaban J connectivity index is 2.56. The normalized spacial score (nSPS) is 11.5. The molecule has 0 aliphatic heterocycles. The minimum Gasteiger partial charge on any atom is -0.484 e. The van der Waals surface area contributed by atoms with Gasteiger partial charge in [-0.2, -0.15) is 0 Å². The summed E-state index contributed by atoms with van der Waals surface area (Å²) in [5, 5.41) is 11.1. The molecule has 1 rings (SSSR count).